The summed E-state index contributed by atoms with van der Waals surface area (Å²) in [4.78, 5) is 11.1. The van der Waals surface area contributed by atoms with Gasteiger partial charge < -0.3 is 10.5 Å². The minimum Gasteiger partial charge on any atom is -0.487 e. The molecule has 0 aliphatic rings. The lowest BCUT2D eigenvalue weighted by Gasteiger charge is -2.10. The normalized spacial score (nSPS) is 11.0. The lowest BCUT2D eigenvalue weighted by molar-refractivity contribution is -0.114. The zero-order chi connectivity index (χ0) is 17.7. The molecule has 0 heterocycles. The fraction of sp³-hybridized carbons (Fsp3) is 0.158. The molecule has 0 radical (unpaired) electrons. The third-order valence-corrected chi connectivity index (χ3v) is 3.91. The second-order valence-corrected chi connectivity index (χ2v) is 5.84. The first-order valence-electron chi connectivity index (χ1n) is 7.31. The molecule has 0 atom stereocenters. The quantitative estimate of drug-likeness (QED) is 0.661. The van der Waals surface area contributed by atoms with E-state index in [4.69, 9.17) is 27.3 Å². The molecular formula is C19H17ClN2O2. The van der Waals surface area contributed by atoms with Gasteiger partial charge in [0.2, 0.25) is 0 Å². The number of benzene rings is 2. The van der Waals surface area contributed by atoms with E-state index in [1.165, 1.54) is 17.2 Å². The first kappa shape index (κ1) is 17.6. The van der Waals surface area contributed by atoms with E-state index < -0.39 is 5.91 Å². The molecule has 1 amide bonds. The Balaban J connectivity index is 2.14. The predicted molar refractivity (Wildman–Crippen MR) is 94.5 cm³/mol. The van der Waals surface area contributed by atoms with Gasteiger partial charge in [0.05, 0.1) is 5.02 Å². The molecule has 0 saturated carbocycles. The van der Waals surface area contributed by atoms with Gasteiger partial charge in [-0.1, -0.05) is 35.9 Å². The van der Waals surface area contributed by atoms with Crippen molar-refractivity contribution in [1.29, 1.82) is 5.26 Å². The van der Waals surface area contributed by atoms with Crippen LogP contribution in [-0.4, -0.2) is 5.91 Å². The molecular weight excluding hydrogens is 324 g/mol. The van der Waals surface area contributed by atoms with Crippen molar-refractivity contribution in [1.82, 2.24) is 0 Å². The van der Waals surface area contributed by atoms with Crippen molar-refractivity contribution in [3.05, 3.63) is 69.2 Å². The summed E-state index contributed by atoms with van der Waals surface area (Å²) in [5.74, 6) is -0.242. The molecule has 0 aromatic heterocycles. The molecule has 0 unspecified atom stereocenters. The average Bonchev–Trinajstić information content (AvgIpc) is 2.54. The topological polar surface area (TPSA) is 76.1 Å². The summed E-state index contributed by atoms with van der Waals surface area (Å²) in [6.07, 6.45) is 1.39. The van der Waals surface area contributed by atoms with E-state index in [-0.39, 0.29) is 5.57 Å². The Morgan fingerprint density at radius 2 is 2.00 bits per heavy atom. The van der Waals surface area contributed by atoms with Crippen molar-refractivity contribution in [3.8, 4) is 11.8 Å². The number of nitrogens with zero attached hydrogens (tertiary/aromatic N) is 1. The first-order chi connectivity index (χ1) is 11.4. The van der Waals surface area contributed by atoms with E-state index in [9.17, 15) is 4.79 Å². The van der Waals surface area contributed by atoms with Crippen molar-refractivity contribution in [2.45, 2.75) is 20.5 Å². The summed E-state index contributed by atoms with van der Waals surface area (Å²) in [5.41, 5.74) is 9.08. The molecule has 122 valence electrons. The highest BCUT2D eigenvalue weighted by Gasteiger charge is 2.07. The van der Waals surface area contributed by atoms with Crippen molar-refractivity contribution in [2.24, 2.45) is 5.73 Å². The maximum Gasteiger partial charge on any atom is 0.259 e. The van der Waals surface area contributed by atoms with E-state index in [1.807, 2.05) is 6.07 Å². The van der Waals surface area contributed by atoms with Crippen molar-refractivity contribution < 1.29 is 9.53 Å². The molecule has 5 heteroatoms. The monoisotopic (exact) mass is 340 g/mol. The van der Waals surface area contributed by atoms with Crippen LogP contribution in [0.2, 0.25) is 5.02 Å². The number of amides is 1. The zero-order valence-electron chi connectivity index (χ0n) is 13.5. The van der Waals surface area contributed by atoms with E-state index >= 15 is 0 Å². The van der Waals surface area contributed by atoms with Crippen LogP contribution in [0.4, 0.5) is 0 Å². The molecule has 24 heavy (non-hydrogen) atoms. The fourth-order valence-electron chi connectivity index (χ4n) is 2.10. The lowest BCUT2D eigenvalue weighted by Crippen LogP contribution is -2.12. The molecule has 0 fully saturated rings. The van der Waals surface area contributed by atoms with Crippen LogP contribution < -0.4 is 10.5 Å². The second kappa shape index (κ2) is 7.67. The van der Waals surface area contributed by atoms with Crippen molar-refractivity contribution in [2.75, 3.05) is 0 Å². The van der Waals surface area contributed by atoms with E-state index in [1.54, 1.807) is 24.3 Å². The molecule has 0 bridgehead atoms. The van der Waals surface area contributed by atoms with Crippen LogP contribution >= 0.6 is 11.6 Å². The summed E-state index contributed by atoms with van der Waals surface area (Å²) in [6, 6.07) is 12.9. The molecule has 0 saturated heterocycles. The number of aryl methyl sites for hydroxylation is 2. The van der Waals surface area contributed by atoms with Gasteiger partial charge in [0.25, 0.3) is 5.91 Å². The van der Waals surface area contributed by atoms with Gasteiger partial charge in [-0.25, -0.2) is 0 Å². The van der Waals surface area contributed by atoms with Crippen LogP contribution in [0.5, 0.6) is 5.75 Å². The maximum atomic E-state index is 11.1. The van der Waals surface area contributed by atoms with Gasteiger partial charge in [0.1, 0.15) is 24.0 Å². The van der Waals surface area contributed by atoms with Crippen LogP contribution in [0.3, 0.4) is 0 Å². The Kier molecular flexibility index (Phi) is 5.62. The number of nitrogens with two attached hydrogens (primary N) is 1. The number of carbonyl (C=O) groups is 1. The van der Waals surface area contributed by atoms with Crippen molar-refractivity contribution >= 4 is 23.6 Å². The number of ether oxygens (including phenoxy) is 1. The molecule has 2 rings (SSSR count). The predicted octanol–water partition coefficient (Wildman–Crippen LogP) is 3.93. The van der Waals surface area contributed by atoms with E-state index in [0.29, 0.717) is 22.9 Å². The Hall–Kier alpha value is -2.77. The number of hydrogen-bond donors (Lipinski definition) is 1. The summed E-state index contributed by atoms with van der Waals surface area (Å²) in [5, 5.41) is 9.25. The summed E-state index contributed by atoms with van der Waals surface area (Å²) >= 11 is 6.20. The van der Waals surface area contributed by atoms with E-state index in [2.05, 4.69) is 26.0 Å². The summed E-state index contributed by atoms with van der Waals surface area (Å²) in [7, 11) is 0. The van der Waals surface area contributed by atoms with Crippen LogP contribution in [0, 0.1) is 25.2 Å². The molecule has 4 nitrogen and oxygen atoms in total. The highest BCUT2D eigenvalue weighted by atomic mass is 35.5. The zero-order valence-corrected chi connectivity index (χ0v) is 14.2. The lowest BCUT2D eigenvalue weighted by atomic mass is 10.1. The number of nitriles is 1. The van der Waals surface area contributed by atoms with Crippen molar-refractivity contribution in [3.63, 3.8) is 0 Å². The Bertz CT molecular complexity index is 851. The molecule has 2 aromatic rings. The third kappa shape index (κ3) is 4.37. The minimum atomic E-state index is -0.774. The number of hydrogen-bond acceptors (Lipinski definition) is 3. The highest BCUT2D eigenvalue weighted by Crippen LogP contribution is 2.27. The first-order valence-corrected chi connectivity index (χ1v) is 7.68. The van der Waals surface area contributed by atoms with Gasteiger partial charge >= 0.3 is 0 Å². The van der Waals surface area contributed by atoms with Gasteiger partial charge in [-0.3, -0.25) is 4.79 Å². The molecule has 0 aliphatic heterocycles. The Morgan fingerprint density at radius 3 is 2.58 bits per heavy atom. The molecule has 2 N–H and O–H groups in total. The Labute approximate surface area is 146 Å². The largest absolute Gasteiger partial charge is 0.487 e. The second-order valence-electron chi connectivity index (χ2n) is 5.43. The summed E-state index contributed by atoms with van der Waals surface area (Å²) < 4.78 is 5.74. The van der Waals surface area contributed by atoms with Gasteiger partial charge in [0, 0.05) is 0 Å². The van der Waals surface area contributed by atoms with Crippen LogP contribution in [0.1, 0.15) is 22.3 Å². The fourth-order valence-corrected chi connectivity index (χ4v) is 2.35. The smallest absolute Gasteiger partial charge is 0.259 e. The number of carbonyl (C=O) groups excluding carboxylic acids is 1. The standard InChI is InChI=1S/C19H17ClN2O2/c1-12-3-4-15(7-13(12)2)11-24-18-6-5-14(9-17(18)20)8-16(10-21)19(22)23/h3-9H,11H2,1-2H3,(H2,22,23)/b16-8+. The molecule has 2 aromatic carbocycles. The van der Waals surface area contributed by atoms with Gasteiger partial charge in [-0.05, 0) is 54.3 Å². The summed E-state index contributed by atoms with van der Waals surface area (Å²) in [6.45, 7) is 4.52. The minimum absolute atomic E-state index is 0.130. The SMILES string of the molecule is Cc1ccc(COc2ccc(/C=C(\C#N)C(N)=O)cc2Cl)cc1C. The number of halogens is 1. The molecule has 0 spiro atoms. The highest BCUT2D eigenvalue weighted by molar-refractivity contribution is 6.32. The van der Waals surface area contributed by atoms with Crippen LogP contribution in [-0.2, 0) is 11.4 Å². The van der Waals surface area contributed by atoms with Gasteiger partial charge in [-0.2, -0.15) is 5.26 Å². The maximum absolute atomic E-state index is 11.1. The average molecular weight is 341 g/mol. The van der Waals surface area contributed by atoms with Crippen LogP contribution in [0.15, 0.2) is 42.0 Å². The van der Waals surface area contributed by atoms with Crippen LogP contribution in [0.25, 0.3) is 6.08 Å². The van der Waals surface area contributed by atoms with Gasteiger partial charge in [0.15, 0.2) is 0 Å². The Morgan fingerprint density at radius 1 is 1.25 bits per heavy atom. The third-order valence-electron chi connectivity index (χ3n) is 3.62. The number of primary amides is 1. The number of rotatable bonds is 5. The van der Waals surface area contributed by atoms with Gasteiger partial charge in [-0.15, -0.1) is 0 Å². The molecule has 0 aliphatic carbocycles. The van der Waals surface area contributed by atoms with E-state index in [0.717, 1.165) is 5.56 Å².